The lowest BCUT2D eigenvalue weighted by molar-refractivity contribution is 0.0461. The third kappa shape index (κ3) is 3.93. The van der Waals surface area contributed by atoms with E-state index in [0.29, 0.717) is 46.5 Å². The van der Waals surface area contributed by atoms with Gasteiger partial charge in [-0.15, -0.1) is 0 Å². The molecule has 0 atom stereocenters. The molecule has 4 rings (SSSR count). The summed E-state index contributed by atoms with van der Waals surface area (Å²) >= 11 is 0. The van der Waals surface area contributed by atoms with Crippen LogP contribution in [0.25, 0.3) is 22.1 Å². The third-order valence-corrected chi connectivity index (χ3v) is 5.35. The van der Waals surface area contributed by atoms with Gasteiger partial charge in [0.2, 0.25) is 0 Å². The Morgan fingerprint density at radius 3 is 2.69 bits per heavy atom. The van der Waals surface area contributed by atoms with Crippen molar-refractivity contribution in [1.29, 1.82) is 0 Å². The first-order valence-electron chi connectivity index (χ1n) is 10.8. The van der Waals surface area contributed by atoms with Crippen LogP contribution in [0.5, 0.6) is 0 Å². The number of pyridine rings is 1. The number of carbonyl (C=O) groups is 1. The average Bonchev–Trinajstić information content (AvgIpc) is 3.15. The molecule has 0 spiro atoms. The molecule has 0 aliphatic carbocycles. The molecule has 1 aromatic carbocycles. The smallest absolute Gasteiger partial charge is 0.339 e. The van der Waals surface area contributed by atoms with Crippen molar-refractivity contribution in [2.24, 2.45) is 0 Å². The minimum absolute atomic E-state index is 0.119. The zero-order valence-corrected chi connectivity index (χ0v) is 18.1. The Labute approximate surface area is 183 Å². The summed E-state index contributed by atoms with van der Waals surface area (Å²) in [5.41, 5.74) is 0.780. The van der Waals surface area contributed by atoms with Crippen molar-refractivity contribution in [3.63, 3.8) is 0 Å². The van der Waals surface area contributed by atoms with Crippen molar-refractivity contribution in [2.75, 3.05) is 0 Å². The van der Waals surface area contributed by atoms with Crippen molar-refractivity contribution in [1.82, 2.24) is 24.1 Å². The first-order valence-corrected chi connectivity index (χ1v) is 10.8. The molecule has 0 unspecified atom stereocenters. The van der Waals surface area contributed by atoms with E-state index in [2.05, 4.69) is 15.0 Å². The van der Waals surface area contributed by atoms with Gasteiger partial charge in [-0.3, -0.25) is 19.3 Å². The highest BCUT2D eigenvalue weighted by atomic mass is 16.5. The van der Waals surface area contributed by atoms with E-state index >= 15 is 0 Å². The quantitative estimate of drug-likeness (QED) is 0.426. The van der Waals surface area contributed by atoms with Crippen LogP contribution in [0, 0.1) is 0 Å². The fourth-order valence-corrected chi connectivity index (χ4v) is 3.81. The van der Waals surface area contributed by atoms with Gasteiger partial charge in [0.05, 0.1) is 11.1 Å². The molecule has 9 nitrogen and oxygen atoms in total. The SMILES string of the molecule is CCCCn1c(=O)[nH]c(=O)c2c1nc(COC(=O)c1cccc3ncccc13)n2CCC. The van der Waals surface area contributed by atoms with E-state index in [1.807, 2.05) is 26.0 Å². The highest BCUT2D eigenvalue weighted by molar-refractivity contribution is 6.03. The normalized spacial score (nSPS) is 11.3. The van der Waals surface area contributed by atoms with E-state index in [1.54, 1.807) is 29.0 Å². The minimum atomic E-state index is -0.504. The first kappa shape index (κ1) is 21.5. The number of ether oxygens (including phenoxy) is 1. The van der Waals surface area contributed by atoms with Crippen molar-refractivity contribution in [3.8, 4) is 0 Å². The van der Waals surface area contributed by atoms with Crippen LogP contribution in [-0.2, 0) is 24.4 Å². The summed E-state index contributed by atoms with van der Waals surface area (Å²) in [7, 11) is 0. The van der Waals surface area contributed by atoms with Gasteiger partial charge in [0.15, 0.2) is 11.2 Å². The molecule has 0 saturated heterocycles. The van der Waals surface area contributed by atoms with Gasteiger partial charge in [0, 0.05) is 24.7 Å². The molecule has 4 aromatic rings. The molecule has 9 heteroatoms. The number of fused-ring (bicyclic) bond motifs is 2. The second kappa shape index (κ2) is 9.17. The van der Waals surface area contributed by atoms with Crippen LogP contribution in [0.15, 0.2) is 46.1 Å². The number of nitrogens with one attached hydrogen (secondary N) is 1. The number of hydrogen-bond donors (Lipinski definition) is 1. The van der Waals surface area contributed by atoms with Crippen molar-refractivity contribution in [3.05, 3.63) is 68.8 Å². The van der Waals surface area contributed by atoms with Crippen LogP contribution in [-0.4, -0.2) is 30.1 Å². The summed E-state index contributed by atoms with van der Waals surface area (Å²) in [6, 6.07) is 8.85. The Kier molecular flexibility index (Phi) is 6.16. The Hall–Kier alpha value is -3.75. The monoisotopic (exact) mass is 435 g/mol. The molecule has 3 aromatic heterocycles. The maximum absolute atomic E-state index is 12.8. The number of H-pyrrole nitrogens is 1. The lowest BCUT2D eigenvalue weighted by Crippen LogP contribution is -2.31. The van der Waals surface area contributed by atoms with Gasteiger partial charge >= 0.3 is 11.7 Å². The van der Waals surface area contributed by atoms with Gasteiger partial charge in [0.1, 0.15) is 12.4 Å². The van der Waals surface area contributed by atoms with E-state index in [4.69, 9.17) is 4.74 Å². The zero-order chi connectivity index (χ0) is 22.7. The summed E-state index contributed by atoms with van der Waals surface area (Å²) in [6.45, 7) is 4.85. The number of aromatic nitrogens is 5. The summed E-state index contributed by atoms with van der Waals surface area (Å²) in [5, 5.41) is 0.701. The van der Waals surface area contributed by atoms with Crippen molar-refractivity contribution >= 4 is 28.0 Å². The number of hydrogen-bond acceptors (Lipinski definition) is 6. The van der Waals surface area contributed by atoms with E-state index in [-0.39, 0.29) is 6.61 Å². The molecular formula is C23H25N5O4. The summed E-state index contributed by atoms with van der Waals surface area (Å²) < 4.78 is 8.79. The average molecular weight is 435 g/mol. The molecule has 32 heavy (non-hydrogen) atoms. The highest BCUT2D eigenvalue weighted by Gasteiger charge is 2.20. The van der Waals surface area contributed by atoms with E-state index < -0.39 is 17.2 Å². The number of aromatic amines is 1. The number of imidazole rings is 1. The number of benzene rings is 1. The summed E-state index contributed by atoms with van der Waals surface area (Å²) in [4.78, 5) is 49.0. The lowest BCUT2D eigenvalue weighted by Gasteiger charge is -2.09. The molecule has 0 amide bonds. The summed E-state index contributed by atoms with van der Waals surface area (Å²) in [6.07, 6.45) is 4.09. The standard InChI is InChI=1S/C23H25N5O4/c1-3-5-13-28-20-19(21(29)26-23(28)31)27(12-4-2)18(25-20)14-32-22(30)16-8-6-10-17-15(16)9-7-11-24-17/h6-11H,3-5,12-14H2,1-2H3,(H,26,29,31). The lowest BCUT2D eigenvalue weighted by atomic mass is 10.1. The van der Waals surface area contributed by atoms with Crippen LogP contribution in [0.3, 0.4) is 0 Å². The fourth-order valence-electron chi connectivity index (χ4n) is 3.81. The molecular weight excluding hydrogens is 410 g/mol. The molecule has 166 valence electrons. The Balaban J connectivity index is 1.71. The number of nitrogens with zero attached hydrogens (tertiary/aromatic N) is 4. The summed E-state index contributed by atoms with van der Waals surface area (Å²) in [5.74, 6) is -0.0779. The van der Waals surface area contributed by atoms with Crippen molar-refractivity contribution in [2.45, 2.75) is 52.8 Å². The molecule has 3 heterocycles. The van der Waals surface area contributed by atoms with Crippen LogP contribution in [0.1, 0.15) is 49.3 Å². The maximum Gasteiger partial charge on any atom is 0.339 e. The largest absolute Gasteiger partial charge is 0.454 e. The van der Waals surface area contributed by atoms with Crippen LogP contribution in [0.2, 0.25) is 0 Å². The molecule has 0 bridgehead atoms. The van der Waals surface area contributed by atoms with Crippen LogP contribution < -0.4 is 11.2 Å². The molecule has 0 aliphatic heterocycles. The Bertz CT molecular complexity index is 1390. The molecule has 1 N–H and O–H groups in total. The molecule has 0 fully saturated rings. The van der Waals surface area contributed by atoms with E-state index in [1.165, 1.54) is 4.57 Å². The number of carbonyl (C=O) groups excluding carboxylic acids is 1. The van der Waals surface area contributed by atoms with Gasteiger partial charge in [-0.25, -0.2) is 14.6 Å². The molecule has 0 aliphatic rings. The molecule has 0 radical (unpaired) electrons. The van der Waals surface area contributed by atoms with E-state index in [0.717, 1.165) is 19.3 Å². The van der Waals surface area contributed by atoms with Crippen LogP contribution in [0.4, 0.5) is 0 Å². The number of esters is 1. The topological polar surface area (TPSA) is 112 Å². The fraction of sp³-hybridized carbons (Fsp3) is 0.348. The van der Waals surface area contributed by atoms with Gasteiger partial charge in [-0.05, 0) is 31.0 Å². The number of rotatable bonds is 8. The zero-order valence-electron chi connectivity index (χ0n) is 18.1. The second-order valence-electron chi connectivity index (χ2n) is 7.57. The van der Waals surface area contributed by atoms with Crippen molar-refractivity contribution < 1.29 is 9.53 Å². The minimum Gasteiger partial charge on any atom is -0.454 e. The van der Waals surface area contributed by atoms with Gasteiger partial charge in [-0.2, -0.15) is 0 Å². The van der Waals surface area contributed by atoms with Crippen LogP contribution >= 0.6 is 0 Å². The van der Waals surface area contributed by atoms with Gasteiger partial charge in [0.25, 0.3) is 5.56 Å². The Morgan fingerprint density at radius 2 is 1.91 bits per heavy atom. The second-order valence-corrected chi connectivity index (χ2v) is 7.57. The molecule has 0 saturated carbocycles. The maximum atomic E-state index is 12.8. The Morgan fingerprint density at radius 1 is 1.06 bits per heavy atom. The predicted octanol–water partition coefficient (Wildman–Crippen LogP) is 3.00. The van der Waals surface area contributed by atoms with Gasteiger partial charge < -0.3 is 9.30 Å². The highest BCUT2D eigenvalue weighted by Crippen LogP contribution is 2.19. The van der Waals surface area contributed by atoms with Gasteiger partial charge in [-0.1, -0.05) is 32.4 Å². The predicted molar refractivity (Wildman–Crippen MR) is 121 cm³/mol. The van der Waals surface area contributed by atoms with E-state index in [9.17, 15) is 14.4 Å². The third-order valence-electron chi connectivity index (χ3n) is 5.35. The first-order chi connectivity index (χ1) is 15.5. The number of unbranched alkanes of at least 4 members (excludes halogenated alkanes) is 1. The number of aryl methyl sites for hydroxylation is 2.